The zero-order chi connectivity index (χ0) is 13.0. The van der Waals surface area contributed by atoms with Gasteiger partial charge in [-0.2, -0.15) is 0 Å². The standard InChI is InChI=1S/C13H18ClNO2/c1-5-8(2)13(16)15-11-6-9(3)10(14)7-12(11)17-4/h6-8H,5H2,1-4H3,(H,15,16). The molecule has 0 saturated carbocycles. The van der Waals surface area contributed by atoms with Crippen LogP contribution in [-0.4, -0.2) is 13.0 Å². The van der Waals surface area contributed by atoms with Crippen molar-refractivity contribution in [1.82, 2.24) is 0 Å². The Bertz CT molecular complexity index is 418. The monoisotopic (exact) mass is 255 g/mol. The average molecular weight is 256 g/mol. The zero-order valence-corrected chi connectivity index (χ0v) is 11.4. The summed E-state index contributed by atoms with van der Waals surface area (Å²) < 4.78 is 5.20. The highest BCUT2D eigenvalue weighted by molar-refractivity contribution is 6.31. The molecule has 17 heavy (non-hydrogen) atoms. The highest BCUT2D eigenvalue weighted by Crippen LogP contribution is 2.31. The normalized spacial score (nSPS) is 12.1. The van der Waals surface area contributed by atoms with Crippen LogP contribution in [0.5, 0.6) is 5.75 Å². The number of carbonyl (C=O) groups excluding carboxylic acids is 1. The molecular weight excluding hydrogens is 238 g/mol. The Morgan fingerprint density at radius 1 is 1.53 bits per heavy atom. The number of hydrogen-bond donors (Lipinski definition) is 1. The molecule has 0 aliphatic heterocycles. The highest BCUT2D eigenvalue weighted by atomic mass is 35.5. The van der Waals surface area contributed by atoms with Crippen LogP contribution in [-0.2, 0) is 4.79 Å². The third kappa shape index (κ3) is 3.37. The van der Waals surface area contributed by atoms with Gasteiger partial charge in [0.25, 0.3) is 0 Å². The van der Waals surface area contributed by atoms with Crippen molar-refractivity contribution >= 4 is 23.2 Å². The van der Waals surface area contributed by atoms with Gasteiger partial charge in [-0.05, 0) is 25.0 Å². The Hall–Kier alpha value is -1.22. The summed E-state index contributed by atoms with van der Waals surface area (Å²) in [6, 6.07) is 3.53. The molecule has 1 aromatic carbocycles. The molecule has 0 aliphatic rings. The molecule has 0 saturated heterocycles. The first-order chi connectivity index (χ1) is 7.99. The predicted octanol–water partition coefficient (Wildman–Crippen LogP) is 3.64. The van der Waals surface area contributed by atoms with E-state index < -0.39 is 0 Å². The van der Waals surface area contributed by atoms with E-state index in [1.165, 1.54) is 0 Å². The van der Waals surface area contributed by atoms with Crippen molar-refractivity contribution in [2.24, 2.45) is 5.92 Å². The average Bonchev–Trinajstić information content (AvgIpc) is 2.32. The molecule has 0 heterocycles. The summed E-state index contributed by atoms with van der Waals surface area (Å²) >= 11 is 6.00. The van der Waals surface area contributed by atoms with Gasteiger partial charge in [0.05, 0.1) is 12.8 Å². The lowest BCUT2D eigenvalue weighted by Crippen LogP contribution is -2.20. The Morgan fingerprint density at radius 2 is 2.18 bits per heavy atom. The Labute approximate surface area is 107 Å². The second kappa shape index (κ2) is 5.92. The molecule has 1 aromatic rings. The molecular formula is C13H18ClNO2. The van der Waals surface area contributed by atoms with Gasteiger partial charge in [-0.15, -0.1) is 0 Å². The van der Waals surface area contributed by atoms with E-state index in [1.807, 2.05) is 26.8 Å². The molecule has 94 valence electrons. The van der Waals surface area contributed by atoms with Crippen molar-refractivity contribution in [2.45, 2.75) is 27.2 Å². The van der Waals surface area contributed by atoms with Gasteiger partial charge in [0.1, 0.15) is 5.75 Å². The Morgan fingerprint density at radius 3 is 2.71 bits per heavy atom. The van der Waals surface area contributed by atoms with Crippen LogP contribution in [0.15, 0.2) is 12.1 Å². The number of benzene rings is 1. The Balaban J connectivity index is 2.97. The fraction of sp³-hybridized carbons (Fsp3) is 0.462. The van der Waals surface area contributed by atoms with Crippen molar-refractivity contribution in [3.05, 3.63) is 22.7 Å². The van der Waals surface area contributed by atoms with E-state index in [0.29, 0.717) is 16.5 Å². The van der Waals surface area contributed by atoms with Crippen LogP contribution < -0.4 is 10.1 Å². The van der Waals surface area contributed by atoms with Gasteiger partial charge in [-0.25, -0.2) is 0 Å². The fourth-order valence-corrected chi connectivity index (χ4v) is 1.52. The molecule has 0 radical (unpaired) electrons. The number of anilines is 1. The molecule has 1 N–H and O–H groups in total. The molecule has 1 amide bonds. The maximum atomic E-state index is 11.8. The smallest absolute Gasteiger partial charge is 0.227 e. The first-order valence-corrected chi connectivity index (χ1v) is 6.02. The van der Waals surface area contributed by atoms with Crippen molar-refractivity contribution in [3.63, 3.8) is 0 Å². The molecule has 1 unspecified atom stereocenters. The molecule has 0 fully saturated rings. The van der Waals surface area contributed by atoms with Crippen molar-refractivity contribution in [1.29, 1.82) is 0 Å². The van der Waals surface area contributed by atoms with Crippen LogP contribution in [0, 0.1) is 12.8 Å². The number of aryl methyl sites for hydroxylation is 1. The van der Waals surface area contributed by atoms with E-state index in [-0.39, 0.29) is 11.8 Å². The number of amides is 1. The van der Waals surface area contributed by atoms with E-state index in [2.05, 4.69) is 5.32 Å². The van der Waals surface area contributed by atoms with E-state index in [0.717, 1.165) is 12.0 Å². The van der Waals surface area contributed by atoms with Gasteiger partial charge in [-0.3, -0.25) is 4.79 Å². The van der Waals surface area contributed by atoms with Crippen LogP contribution in [0.25, 0.3) is 0 Å². The van der Waals surface area contributed by atoms with Gasteiger partial charge in [0.15, 0.2) is 0 Å². The second-order valence-electron chi connectivity index (χ2n) is 4.10. The van der Waals surface area contributed by atoms with Gasteiger partial charge >= 0.3 is 0 Å². The molecule has 1 rings (SSSR count). The van der Waals surface area contributed by atoms with E-state index in [1.54, 1.807) is 13.2 Å². The third-order valence-corrected chi connectivity index (χ3v) is 3.21. The highest BCUT2D eigenvalue weighted by Gasteiger charge is 2.14. The van der Waals surface area contributed by atoms with E-state index >= 15 is 0 Å². The summed E-state index contributed by atoms with van der Waals surface area (Å²) in [6.45, 7) is 5.76. The number of methoxy groups -OCH3 is 1. The topological polar surface area (TPSA) is 38.3 Å². The first-order valence-electron chi connectivity index (χ1n) is 5.64. The number of nitrogens with one attached hydrogen (secondary N) is 1. The van der Waals surface area contributed by atoms with Crippen molar-refractivity contribution in [2.75, 3.05) is 12.4 Å². The number of hydrogen-bond acceptors (Lipinski definition) is 2. The maximum Gasteiger partial charge on any atom is 0.227 e. The van der Waals surface area contributed by atoms with Gasteiger partial charge in [0, 0.05) is 17.0 Å². The summed E-state index contributed by atoms with van der Waals surface area (Å²) in [6.07, 6.45) is 0.806. The third-order valence-electron chi connectivity index (χ3n) is 2.80. The number of carbonyl (C=O) groups is 1. The minimum atomic E-state index is -0.0179. The molecule has 0 aliphatic carbocycles. The zero-order valence-electron chi connectivity index (χ0n) is 10.6. The van der Waals surface area contributed by atoms with Gasteiger partial charge in [-0.1, -0.05) is 25.4 Å². The molecule has 1 atom stereocenters. The molecule has 0 spiro atoms. The van der Waals surface area contributed by atoms with Crippen LogP contribution in [0.3, 0.4) is 0 Å². The largest absolute Gasteiger partial charge is 0.495 e. The summed E-state index contributed by atoms with van der Waals surface area (Å²) in [5, 5.41) is 3.49. The summed E-state index contributed by atoms with van der Waals surface area (Å²) in [5.74, 6) is 0.556. The summed E-state index contributed by atoms with van der Waals surface area (Å²) in [4.78, 5) is 11.8. The van der Waals surface area contributed by atoms with Gasteiger partial charge in [0.2, 0.25) is 5.91 Å². The van der Waals surface area contributed by atoms with Crippen LogP contribution in [0.2, 0.25) is 5.02 Å². The molecule has 3 nitrogen and oxygen atoms in total. The number of ether oxygens (including phenoxy) is 1. The maximum absolute atomic E-state index is 11.8. The second-order valence-corrected chi connectivity index (χ2v) is 4.51. The molecule has 0 aromatic heterocycles. The Kier molecular flexibility index (Phi) is 4.82. The lowest BCUT2D eigenvalue weighted by Gasteiger charge is -2.14. The van der Waals surface area contributed by atoms with Crippen molar-refractivity contribution < 1.29 is 9.53 Å². The fourth-order valence-electron chi connectivity index (χ4n) is 1.37. The molecule has 0 bridgehead atoms. The minimum absolute atomic E-state index is 0.00692. The van der Waals surface area contributed by atoms with Crippen LogP contribution in [0.4, 0.5) is 5.69 Å². The predicted molar refractivity (Wildman–Crippen MR) is 70.8 cm³/mol. The minimum Gasteiger partial charge on any atom is -0.495 e. The molecule has 4 heteroatoms. The lowest BCUT2D eigenvalue weighted by atomic mass is 10.1. The number of rotatable bonds is 4. The van der Waals surface area contributed by atoms with E-state index in [9.17, 15) is 4.79 Å². The van der Waals surface area contributed by atoms with Gasteiger partial charge < -0.3 is 10.1 Å². The SMILES string of the molecule is CCC(C)C(=O)Nc1cc(C)c(Cl)cc1OC. The number of halogens is 1. The quantitative estimate of drug-likeness (QED) is 0.892. The van der Waals surface area contributed by atoms with Crippen molar-refractivity contribution in [3.8, 4) is 5.75 Å². The summed E-state index contributed by atoms with van der Waals surface area (Å²) in [5.41, 5.74) is 1.58. The lowest BCUT2D eigenvalue weighted by molar-refractivity contribution is -0.119. The summed E-state index contributed by atoms with van der Waals surface area (Å²) in [7, 11) is 1.56. The van der Waals surface area contributed by atoms with Crippen LogP contribution in [0.1, 0.15) is 25.8 Å². The van der Waals surface area contributed by atoms with Crippen LogP contribution >= 0.6 is 11.6 Å². The van der Waals surface area contributed by atoms with E-state index in [4.69, 9.17) is 16.3 Å². The first kappa shape index (κ1) is 13.8.